The average Bonchev–Trinajstić information content (AvgIpc) is 2.33. The Labute approximate surface area is 72.9 Å². The molecule has 2 aliphatic rings. The summed E-state index contributed by atoms with van der Waals surface area (Å²) in [7, 11) is 0. The highest BCUT2D eigenvalue weighted by Crippen LogP contribution is 2.35. The molecule has 3 N–H and O–H groups in total. The highest BCUT2D eigenvalue weighted by atomic mass is 16.5. The van der Waals surface area contributed by atoms with E-state index in [1.807, 2.05) is 0 Å². The van der Waals surface area contributed by atoms with Crippen molar-refractivity contribution in [2.75, 3.05) is 13.2 Å². The predicted octanol–water partition coefficient (Wildman–Crippen LogP) is 0.265. The van der Waals surface area contributed by atoms with Crippen LogP contribution in [-0.2, 0) is 4.74 Å². The zero-order valence-electron chi connectivity index (χ0n) is 7.33. The van der Waals surface area contributed by atoms with E-state index in [0.717, 1.165) is 0 Å². The van der Waals surface area contributed by atoms with Gasteiger partial charge in [-0.05, 0) is 18.8 Å². The Balaban J connectivity index is 1.96. The van der Waals surface area contributed by atoms with Gasteiger partial charge in [0.15, 0.2) is 0 Å². The van der Waals surface area contributed by atoms with Crippen LogP contribution in [0.1, 0.15) is 25.7 Å². The summed E-state index contributed by atoms with van der Waals surface area (Å²) in [6, 6.07) is -0.0613. The lowest BCUT2D eigenvalue weighted by Crippen LogP contribution is -2.54. The van der Waals surface area contributed by atoms with Crippen LogP contribution in [0.25, 0.3) is 0 Å². The molecule has 1 aliphatic carbocycles. The first kappa shape index (κ1) is 8.48. The minimum absolute atomic E-state index is 0.0613. The molecule has 2 fully saturated rings. The maximum atomic E-state index is 10.0. The van der Waals surface area contributed by atoms with E-state index in [1.54, 1.807) is 0 Å². The minimum Gasteiger partial charge on any atom is -0.386 e. The van der Waals surface area contributed by atoms with Crippen molar-refractivity contribution < 1.29 is 9.84 Å². The van der Waals surface area contributed by atoms with Crippen molar-refractivity contribution in [3.8, 4) is 0 Å². The molecule has 12 heavy (non-hydrogen) atoms. The summed E-state index contributed by atoms with van der Waals surface area (Å²) in [4.78, 5) is 0. The fourth-order valence-electron chi connectivity index (χ4n) is 2.07. The molecule has 2 rings (SSSR count). The minimum atomic E-state index is -0.717. The van der Waals surface area contributed by atoms with E-state index in [2.05, 4.69) is 0 Å². The SMILES string of the molecule is NC(C1CCC1)C1(O)CCOC1. The van der Waals surface area contributed by atoms with Gasteiger partial charge >= 0.3 is 0 Å². The molecule has 2 atom stereocenters. The maximum absolute atomic E-state index is 10.0. The Kier molecular flexibility index (Phi) is 2.10. The second kappa shape index (κ2) is 2.98. The van der Waals surface area contributed by atoms with Crippen molar-refractivity contribution in [2.45, 2.75) is 37.3 Å². The first-order valence-corrected chi connectivity index (χ1v) is 4.78. The smallest absolute Gasteiger partial charge is 0.105 e. The third-order valence-corrected chi connectivity index (χ3v) is 3.31. The Morgan fingerprint density at radius 2 is 2.25 bits per heavy atom. The van der Waals surface area contributed by atoms with E-state index in [4.69, 9.17) is 10.5 Å². The van der Waals surface area contributed by atoms with Gasteiger partial charge in [-0.2, -0.15) is 0 Å². The summed E-state index contributed by atoms with van der Waals surface area (Å²) in [5, 5.41) is 10.0. The zero-order chi connectivity index (χ0) is 8.60. The van der Waals surface area contributed by atoms with Gasteiger partial charge in [0.05, 0.1) is 6.61 Å². The zero-order valence-corrected chi connectivity index (χ0v) is 7.33. The third kappa shape index (κ3) is 1.26. The van der Waals surface area contributed by atoms with Gasteiger partial charge in [0.25, 0.3) is 0 Å². The van der Waals surface area contributed by atoms with Crippen LogP contribution in [0.2, 0.25) is 0 Å². The van der Waals surface area contributed by atoms with Gasteiger partial charge in [0.1, 0.15) is 5.60 Å². The molecule has 0 spiro atoms. The van der Waals surface area contributed by atoms with Gasteiger partial charge < -0.3 is 15.6 Å². The fraction of sp³-hybridized carbons (Fsp3) is 1.00. The van der Waals surface area contributed by atoms with Crippen molar-refractivity contribution in [1.29, 1.82) is 0 Å². The van der Waals surface area contributed by atoms with E-state index >= 15 is 0 Å². The molecule has 2 unspecified atom stereocenters. The molecular weight excluding hydrogens is 154 g/mol. The monoisotopic (exact) mass is 171 g/mol. The molecule has 0 radical (unpaired) electrons. The molecule has 70 valence electrons. The van der Waals surface area contributed by atoms with Crippen LogP contribution in [0.5, 0.6) is 0 Å². The quantitative estimate of drug-likeness (QED) is 0.627. The van der Waals surface area contributed by atoms with Crippen LogP contribution in [0.15, 0.2) is 0 Å². The van der Waals surface area contributed by atoms with Crippen molar-refractivity contribution in [3.63, 3.8) is 0 Å². The van der Waals surface area contributed by atoms with Crippen LogP contribution in [-0.4, -0.2) is 30.0 Å². The lowest BCUT2D eigenvalue weighted by Gasteiger charge is -2.39. The second-order valence-electron chi connectivity index (χ2n) is 4.12. The summed E-state index contributed by atoms with van der Waals surface area (Å²) in [5.41, 5.74) is 5.27. The van der Waals surface area contributed by atoms with E-state index < -0.39 is 5.60 Å². The molecule has 0 bridgehead atoms. The lowest BCUT2D eigenvalue weighted by molar-refractivity contribution is -0.0241. The number of hydrogen-bond donors (Lipinski definition) is 2. The number of hydrogen-bond acceptors (Lipinski definition) is 3. The van der Waals surface area contributed by atoms with Crippen LogP contribution >= 0.6 is 0 Å². The summed E-state index contributed by atoms with van der Waals surface area (Å²) in [5.74, 6) is 0.539. The maximum Gasteiger partial charge on any atom is 0.105 e. The summed E-state index contributed by atoms with van der Waals surface area (Å²) < 4.78 is 5.17. The molecular formula is C9H17NO2. The topological polar surface area (TPSA) is 55.5 Å². The van der Waals surface area contributed by atoms with E-state index in [-0.39, 0.29) is 6.04 Å². The van der Waals surface area contributed by atoms with Crippen LogP contribution in [0, 0.1) is 5.92 Å². The number of rotatable bonds is 2. The van der Waals surface area contributed by atoms with Crippen molar-refractivity contribution in [2.24, 2.45) is 11.7 Å². The Hall–Kier alpha value is -0.120. The van der Waals surface area contributed by atoms with Crippen molar-refractivity contribution in [1.82, 2.24) is 0 Å². The first-order chi connectivity index (χ1) is 5.72. The lowest BCUT2D eigenvalue weighted by atomic mass is 9.73. The van der Waals surface area contributed by atoms with Crippen molar-refractivity contribution >= 4 is 0 Å². The molecule has 0 aromatic rings. The normalized spacial score (nSPS) is 39.5. The third-order valence-electron chi connectivity index (χ3n) is 3.31. The first-order valence-electron chi connectivity index (χ1n) is 4.78. The van der Waals surface area contributed by atoms with Gasteiger partial charge in [-0.3, -0.25) is 0 Å². The number of ether oxygens (including phenoxy) is 1. The average molecular weight is 171 g/mol. The molecule has 1 saturated carbocycles. The summed E-state index contributed by atoms with van der Waals surface area (Å²) in [6.45, 7) is 1.10. The Bertz CT molecular complexity index is 162. The van der Waals surface area contributed by atoms with Gasteiger partial charge in [-0.25, -0.2) is 0 Å². The van der Waals surface area contributed by atoms with E-state index in [0.29, 0.717) is 25.6 Å². The van der Waals surface area contributed by atoms with Crippen LogP contribution in [0.4, 0.5) is 0 Å². The molecule has 0 amide bonds. The highest BCUT2D eigenvalue weighted by molar-refractivity contribution is 4.98. The predicted molar refractivity (Wildman–Crippen MR) is 45.7 cm³/mol. The molecule has 1 aliphatic heterocycles. The van der Waals surface area contributed by atoms with E-state index in [9.17, 15) is 5.11 Å². The molecule has 1 saturated heterocycles. The largest absolute Gasteiger partial charge is 0.386 e. The summed E-state index contributed by atoms with van der Waals surface area (Å²) in [6.07, 6.45) is 4.35. The Morgan fingerprint density at radius 1 is 1.50 bits per heavy atom. The second-order valence-corrected chi connectivity index (χ2v) is 4.12. The van der Waals surface area contributed by atoms with Crippen LogP contribution in [0.3, 0.4) is 0 Å². The molecule has 0 aromatic heterocycles. The van der Waals surface area contributed by atoms with Gasteiger partial charge in [-0.15, -0.1) is 0 Å². The van der Waals surface area contributed by atoms with Gasteiger partial charge in [-0.1, -0.05) is 6.42 Å². The fourth-order valence-corrected chi connectivity index (χ4v) is 2.07. The standard InChI is InChI=1S/C9H17NO2/c10-8(7-2-1-3-7)9(11)4-5-12-6-9/h7-8,11H,1-6,10H2. The van der Waals surface area contributed by atoms with Gasteiger partial charge in [0.2, 0.25) is 0 Å². The Morgan fingerprint density at radius 3 is 2.67 bits per heavy atom. The number of nitrogens with two attached hydrogens (primary N) is 1. The van der Waals surface area contributed by atoms with Crippen molar-refractivity contribution in [3.05, 3.63) is 0 Å². The summed E-state index contributed by atoms with van der Waals surface area (Å²) >= 11 is 0. The van der Waals surface area contributed by atoms with E-state index in [1.165, 1.54) is 19.3 Å². The molecule has 0 aromatic carbocycles. The number of aliphatic hydroxyl groups is 1. The van der Waals surface area contributed by atoms with Crippen LogP contribution < -0.4 is 5.73 Å². The molecule has 3 heteroatoms. The molecule has 3 nitrogen and oxygen atoms in total. The molecule has 1 heterocycles. The van der Waals surface area contributed by atoms with Gasteiger partial charge in [0, 0.05) is 19.1 Å². The highest BCUT2D eigenvalue weighted by Gasteiger charge is 2.43.